The maximum atomic E-state index is 14.4. The molecule has 2 fully saturated rings. The van der Waals surface area contributed by atoms with E-state index in [9.17, 15) is 18.4 Å². The zero-order chi connectivity index (χ0) is 18.2. The van der Waals surface area contributed by atoms with Crippen molar-refractivity contribution in [2.45, 2.75) is 18.8 Å². The van der Waals surface area contributed by atoms with Crippen molar-refractivity contribution in [2.75, 3.05) is 39.9 Å². The Balaban J connectivity index is 1.83. The standard InChI is InChI=1S/C17H23F2N3O3/c1-20-6-3-4-13(20)14(23)22-11-16(10-17(18,19)12-22)5-7-21(15(16)24)8-9-25-2/h3-4,6H,5,7-12H2,1-2H3/t16-/m1/s1. The van der Waals surface area contributed by atoms with E-state index in [1.54, 1.807) is 34.8 Å². The van der Waals surface area contributed by atoms with Crippen molar-refractivity contribution >= 4 is 11.8 Å². The van der Waals surface area contributed by atoms with E-state index in [-0.39, 0.29) is 12.5 Å². The van der Waals surface area contributed by atoms with Crippen molar-refractivity contribution in [1.29, 1.82) is 0 Å². The number of carbonyl (C=O) groups excluding carboxylic acids is 2. The molecule has 0 N–H and O–H groups in total. The summed E-state index contributed by atoms with van der Waals surface area (Å²) in [6, 6.07) is 3.29. The van der Waals surface area contributed by atoms with E-state index in [4.69, 9.17) is 4.74 Å². The highest BCUT2D eigenvalue weighted by atomic mass is 19.3. The lowest BCUT2D eigenvalue weighted by Gasteiger charge is -2.42. The lowest BCUT2D eigenvalue weighted by molar-refractivity contribution is -0.151. The molecule has 0 aliphatic carbocycles. The highest BCUT2D eigenvalue weighted by Crippen LogP contribution is 2.45. The van der Waals surface area contributed by atoms with Gasteiger partial charge >= 0.3 is 0 Å². The van der Waals surface area contributed by atoms with E-state index in [2.05, 4.69) is 0 Å². The average Bonchev–Trinajstić information content (AvgIpc) is 3.09. The van der Waals surface area contributed by atoms with Crippen LogP contribution in [0.25, 0.3) is 0 Å². The maximum absolute atomic E-state index is 14.4. The van der Waals surface area contributed by atoms with Crippen LogP contribution in [-0.2, 0) is 16.6 Å². The number of likely N-dealkylation sites (tertiary alicyclic amines) is 2. The first-order chi connectivity index (χ1) is 11.8. The molecule has 0 unspecified atom stereocenters. The average molecular weight is 355 g/mol. The number of rotatable bonds is 4. The number of halogens is 2. The van der Waals surface area contributed by atoms with Gasteiger partial charge in [0.05, 0.1) is 18.6 Å². The number of carbonyl (C=O) groups is 2. The molecule has 25 heavy (non-hydrogen) atoms. The van der Waals surface area contributed by atoms with E-state index in [0.29, 0.717) is 31.8 Å². The van der Waals surface area contributed by atoms with Crippen molar-refractivity contribution < 1.29 is 23.1 Å². The van der Waals surface area contributed by atoms with Gasteiger partial charge in [-0.3, -0.25) is 9.59 Å². The summed E-state index contributed by atoms with van der Waals surface area (Å²) in [4.78, 5) is 28.2. The quantitative estimate of drug-likeness (QED) is 0.820. The van der Waals surface area contributed by atoms with Gasteiger partial charge < -0.3 is 19.1 Å². The summed E-state index contributed by atoms with van der Waals surface area (Å²) < 4.78 is 35.4. The monoisotopic (exact) mass is 355 g/mol. The van der Waals surface area contributed by atoms with E-state index >= 15 is 0 Å². The van der Waals surface area contributed by atoms with Crippen LogP contribution in [0.2, 0.25) is 0 Å². The summed E-state index contributed by atoms with van der Waals surface area (Å²) in [5, 5.41) is 0. The Morgan fingerprint density at radius 3 is 2.76 bits per heavy atom. The summed E-state index contributed by atoms with van der Waals surface area (Å²) in [6.07, 6.45) is 1.53. The van der Waals surface area contributed by atoms with Gasteiger partial charge in [0.15, 0.2) is 0 Å². The second-order valence-corrected chi connectivity index (χ2v) is 7.01. The number of hydrogen-bond acceptors (Lipinski definition) is 3. The number of ether oxygens (including phenoxy) is 1. The van der Waals surface area contributed by atoms with Gasteiger partial charge in [-0.25, -0.2) is 8.78 Å². The van der Waals surface area contributed by atoms with Gasteiger partial charge in [-0.1, -0.05) is 0 Å². The van der Waals surface area contributed by atoms with Crippen LogP contribution in [0.15, 0.2) is 18.3 Å². The third-order valence-electron chi connectivity index (χ3n) is 5.13. The molecular formula is C17H23F2N3O3. The number of methoxy groups -OCH3 is 1. The van der Waals surface area contributed by atoms with Gasteiger partial charge in [-0.2, -0.15) is 0 Å². The minimum atomic E-state index is -3.08. The molecular weight excluding hydrogens is 332 g/mol. The van der Waals surface area contributed by atoms with Gasteiger partial charge in [0.1, 0.15) is 5.69 Å². The Labute approximate surface area is 145 Å². The van der Waals surface area contributed by atoms with Gasteiger partial charge in [0.2, 0.25) is 5.91 Å². The molecule has 2 saturated heterocycles. The molecule has 0 saturated carbocycles. The molecule has 2 aliphatic rings. The highest BCUT2D eigenvalue weighted by molar-refractivity contribution is 5.94. The molecule has 0 radical (unpaired) electrons. The van der Waals surface area contributed by atoms with Gasteiger partial charge in [-0.15, -0.1) is 0 Å². The Bertz CT molecular complexity index is 676. The summed E-state index contributed by atoms with van der Waals surface area (Å²) >= 11 is 0. The molecule has 3 heterocycles. The molecule has 6 nitrogen and oxygen atoms in total. The van der Waals surface area contributed by atoms with Crippen molar-refractivity contribution in [3.63, 3.8) is 0 Å². The molecule has 2 amide bonds. The predicted octanol–water partition coefficient (Wildman–Crippen LogP) is 1.37. The fourth-order valence-corrected chi connectivity index (χ4v) is 3.91. The van der Waals surface area contributed by atoms with Gasteiger partial charge in [-0.05, 0) is 18.6 Å². The lowest BCUT2D eigenvalue weighted by Crippen LogP contribution is -2.57. The number of alkyl halides is 2. The molecule has 8 heteroatoms. The third kappa shape index (κ3) is 3.27. The second kappa shape index (κ2) is 6.40. The van der Waals surface area contributed by atoms with Crippen LogP contribution >= 0.6 is 0 Å². The maximum Gasteiger partial charge on any atom is 0.270 e. The zero-order valence-corrected chi connectivity index (χ0v) is 14.5. The topological polar surface area (TPSA) is 54.8 Å². The fourth-order valence-electron chi connectivity index (χ4n) is 3.91. The normalized spacial score (nSPS) is 25.8. The molecule has 0 aromatic carbocycles. The van der Waals surface area contributed by atoms with E-state index in [1.807, 2.05) is 0 Å². The van der Waals surface area contributed by atoms with Gasteiger partial charge in [0.25, 0.3) is 11.8 Å². The molecule has 138 valence electrons. The summed E-state index contributed by atoms with van der Waals surface area (Å²) in [5.41, 5.74) is -0.856. The van der Waals surface area contributed by atoms with Crippen molar-refractivity contribution in [3.8, 4) is 0 Å². The molecule has 3 rings (SSSR count). The Morgan fingerprint density at radius 2 is 2.12 bits per heavy atom. The number of aromatic nitrogens is 1. The summed E-state index contributed by atoms with van der Waals surface area (Å²) in [6.45, 7) is 0.558. The number of piperidine rings is 1. The summed E-state index contributed by atoms with van der Waals surface area (Å²) in [7, 11) is 3.23. The number of nitrogens with zero attached hydrogens (tertiary/aromatic N) is 3. The van der Waals surface area contributed by atoms with Crippen LogP contribution in [0.1, 0.15) is 23.3 Å². The minimum Gasteiger partial charge on any atom is -0.383 e. The minimum absolute atomic E-state index is 0.0366. The lowest BCUT2D eigenvalue weighted by atomic mass is 9.77. The van der Waals surface area contributed by atoms with Crippen LogP contribution in [0, 0.1) is 5.41 Å². The molecule has 1 spiro atoms. The Morgan fingerprint density at radius 1 is 1.36 bits per heavy atom. The third-order valence-corrected chi connectivity index (χ3v) is 5.13. The van der Waals surface area contributed by atoms with Crippen LogP contribution in [-0.4, -0.2) is 72.0 Å². The van der Waals surface area contributed by atoms with Crippen LogP contribution in [0.4, 0.5) is 8.78 Å². The van der Waals surface area contributed by atoms with Crippen LogP contribution in [0.3, 0.4) is 0 Å². The largest absolute Gasteiger partial charge is 0.383 e. The van der Waals surface area contributed by atoms with Crippen LogP contribution < -0.4 is 0 Å². The first-order valence-electron chi connectivity index (χ1n) is 8.35. The van der Waals surface area contributed by atoms with E-state index < -0.39 is 30.2 Å². The molecule has 1 atom stereocenters. The van der Waals surface area contributed by atoms with E-state index in [1.165, 1.54) is 7.11 Å². The van der Waals surface area contributed by atoms with Crippen molar-refractivity contribution in [2.24, 2.45) is 12.5 Å². The van der Waals surface area contributed by atoms with E-state index in [0.717, 1.165) is 4.90 Å². The molecule has 0 bridgehead atoms. The first-order valence-corrected chi connectivity index (χ1v) is 8.35. The SMILES string of the molecule is COCCN1CC[C@@]2(CN(C(=O)c3cccn3C)CC(F)(F)C2)C1=O. The molecule has 2 aliphatic heterocycles. The zero-order valence-electron chi connectivity index (χ0n) is 14.5. The Kier molecular flexibility index (Phi) is 4.57. The molecule has 1 aromatic rings. The number of hydrogen-bond donors (Lipinski definition) is 0. The Hall–Kier alpha value is -1.96. The van der Waals surface area contributed by atoms with Crippen molar-refractivity contribution in [1.82, 2.24) is 14.4 Å². The number of aryl methyl sites for hydroxylation is 1. The van der Waals surface area contributed by atoms with Crippen LogP contribution in [0.5, 0.6) is 0 Å². The first kappa shape index (κ1) is 17.8. The smallest absolute Gasteiger partial charge is 0.270 e. The number of amides is 2. The second-order valence-electron chi connectivity index (χ2n) is 7.01. The predicted molar refractivity (Wildman–Crippen MR) is 86.4 cm³/mol. The van der Waals surface area contributed by atoms with Gasteiger partial charge in [0, 0.05) is 46.4 Å². The molecule has 1 aromatic heterocycles. The summed E-state index contributed by atoms with van der Waals surface area (Å²) in [5.74, 6) is -3.84. The van der Waals surface area contributed by atoms with Crippen molar-refractivity contribution in [3.05, 3.63) is 24.0 Å². The highest BCUT2D eigenvalue weighted by Gasteiger charge is 2.57. The fraction of sp³-hybridized carbons (Fsp3) is 0.647.